The average Bonchev–Trinajstić information content (AvgIpc) is 2.66. The van der Waals surface area contributed by atoms with Gasteiger partial charge >= 0.3 is 5.97 Å². The minimum absolute atomic E-state index is 0.0190. The number of rotatable bonds is 5. The third-order valence-electron chi connectivity index (χ3n) is 3.81. The second-order valence-corrected chi connectivity index (χ2v) is 7.55. The number of hydrogen-bond acceptors (Lipinski definition) is 6. The summed E-state index contributed by atoms with van der Waals surface area (Å²) in [7, 11) is -3.74. The van der Waals surface area contributed by atoms with Crippen LogP contribution in [0, 0.1) is 0 Å². The number of carboxylic acid groups (broad SMARTS) is 1. The van der Waals surface area contributed by atoms with Crippen LogP contribution in [0.25, 0.3) is 10.8 Å². The second-order valence-electron chi connectivity index (χ2n) is 5.60. The molecule has 0 saturated heterocycles. The summed E-state index contributed by atoms with van der Waals surface area (Å²) in [4.78, 5) is 26.4. The number of aliphatic carboxylic acids is 1. The lowest BCUT2D eigenvalue weighted by molar-refractivity contribution is -0.135. The van der Waals surface area contributed by atoms with Gasteiger partial charge in [-0.2, -0.15) is 0 Å². The predicted octanol–water partition coefficient (Wildman–Crippen LogP) is 1.59. The number of aromatic nitrogens is 1. The maximum absolute atomic E-state index is 12.7. The van der Waals surface area contributed by atoms with Crippen LogP contribution in [0.2, 0.25) is 0 Å². The van der Waals surface area contributed by atoms with Crippen molar-refractivity contribution in [3.63, 3.8) is 0 Å². The van der Waals surface area contributed by atoms with Crippen molar-refractivity contribution >= 4 is 32.5 Å². The Hall–Kier alpha value is -3.46. The monoisotopic (exact) mass is 386 g/mol. The van der Waals surface area contributed by atoms with Crippen LogP contribution in [0.5, 0.6) is 5.75 Å². The maximum Gasteiger partial charge on any atom is 0.322 e. The van der Waals surface area contributed by atoms with Gasteiger partial charge in [0.2, 0.25) is 9.84 Å². The smallest absolute Gasteiger partial charge is 0.322 e. The van der Waals surface area contributed by atoms with Crippen molar-refractivity contribution in [1.82, 2.24) is 10.3 Å². The molecule has 0 fully saturated rings. The molecular weight excluding hydrogens is 372 g/mol. The van der Waals surface area contributed by atoms with Crippen molar-refractivity contribution in [3.05, 3.63) is 60.4 Å². The Labute approximate surface area is 154 Å². The first-order valence-electron chi connectivity index (χ1n) is 7.72. The molecule has 1 heterocycles. The number of pyridine rings is 1. The molecule has 3 N–H and O–H groups in total. The van der Waals surface area contributed by atoms with Crippen LogP contribution in [-0.2, 0) is 14.6 Å². The van der Waals surface area contributed by atoms with Gasteiger partial charge < -0.3 is 15.5 Å². The minimum atomic E-state index is -3.74. The lowest BCUT2D eigenvalue weighted by atomic mass is 10.1. The molecule has 3 aromatic rings. The van der Waals surface area contributed by atoms with E-state index >= 15 is 0 Å². The molecule has 0 radical (unpaired) electrons. The van der Waals surface area contributed by atoms with Crippen LogP contribution in [0.15, 0.2) is 64.5 Å². The SMILES string of the molecule is O=C(O)CNC(=O)c1ncc2cc(S(=O)(=O)c3ccccc3)ccc2c1O. The van der Waals surface area contributed by atoms with Crippen molar-refractivity contribution in [2.45, 2.75) is 9.79 Å². The van der Waals surface area contributed by atoms with E-state index in [9.17, 15) is 23.1 Å². The van der Waals surface area contributed by atoms with Gasteiger partial charge in [-0.25, -0.2) is 13.4 Å². The summed E-state index contributed by atoms with van der Waals surface area (Å²) in [5, 5.41) is 21.5. The van der Waals surface area contributed by atoms with Gasteiger partial charge in [-0.3, -0.25) is 9.59 Å². The van der Waals surface area contributed by atoms with Gasteiger partial charge in [0, 0.05) is 17.0 Å². The Kier molecular flexibility index (Phi) is 4.78. The Morgan fingerprint density at radius 3 is 2.41 bits per heavy atom. The molecule has 0 unspecified atom stereocenters. The highest BCUT2D eigenvalue weighted by Crippen LogP contribution is 2.30. The largest absolute Gasteiger partial charge is 0.505 e. The van der Waals surface area contributed by atoms with E-state index in [-0.39, 0.29) is 20.9 Å². The van der Waals surface area contributed by atoms with Gasteiger partial charge in [0.05, 0.1) is 9.79 Å². The summed E-state index contributed by atoms with van der Waals surface area (Å²) >= 11 is 0. The van der Waals surface area contributed by atoms with Gasteiger partial charge in [0.25, 0.3) is 5.91 Å². The van der Waals surface area contributed by atoms with E-state index < -0.39 is 34.0 Å². The zero-order chi connectivity index (χ0) is 19.6. The number of fused-ring (bicyclic) bond motifs is 1. The van der Waals surface area contributed by atoms with Crippen molar-refractivity contribution in [2.24, 2.45) is 0 Å². The molecule has 0 bridgehead atoms. The molecule has 1 aromatic heterocycles. The molecule has 27 heavy (non-hydrogen) atoms. The van der Waals surface area contributed by atoms with Crippen molar-refractivity contribution in [3.8, 4) is 5.75 Å². The Morgan fingerprint density at radius 2 is 1.74 bits per heavy atom. The zero-order valence-electron chi connectivity index (χ0n) is 13.8. The summed E-state index contributed by atoms with van der Waals surface area (Å²) in [5.74, 6) is -2.55. The molecule has 138 valence electrons. The molecule has 3 rings (SSSR count). The number of amides is 1. The highest BCUT2D eigenvalue weighted by atomic mass is 32.2. The Bertz CT molecular complexity index is 1140. The summed E-state index contributed by atoms with van der Waals surface area (Å²) in [5.41, 5.74) is -0.345. The molecule has 0 aliphatic rings. The number of nitrogens with zero attached hydrogens (tertiary/aromatic N) is 1. The van der Waals surface area contributed by atoms with Gasteiger partial charge in [0.1, 0.15) is 6.54 Å². The van der Waals surface area contributed by atoms with Gasteiger partial charge in [-0.05, 0) is 30.3 Å². The van der Waals surface area contributed by atoms with E-state index in [0.29, 0.717) is 5.39 Å². The highest BCUT2D eigenvalue weighted by molar-refractivity contribution is 7.91. The number of carbonyl (C=O) groups excluding carboxylic acids is 1. The molecule has 0 aliphatic heterocycles. The first kappa shape index (κ1) is 18.3. The number of hydrogen-bond donors (Lipinski definition) is 3. The van der Waals surface area contributed by atoms with Crippen molar-refractivity contribution in [1.29, 1.82) is 0 Å². The van der Waals surface area contributed by atoms with E-state index in [2.05, 4.69) is 10.3 Å². The second kappa shape index (κ2) is 7.04. The van der Waals surface area contributed by atoms with Crippen LogP contribution in [0.3, 0.4) is 0 Å². The molecule has 9 heteroatoms. The van der Waals surface area contributed by atoms with Crippen LogP contribution >= 0.6 is 0 Å². The standard InChI is InChI=1S/C18H14N2O6S/c21-15(22)10-20-18(24)16-17(23)14-7-6-13(8-11(14)9-19-16)27(25,26)12-4-2-1-3-5-12/h1-9,23H,10H2,(H,20,24)(H,21,22). The van der Waals surface area contributed by atoms with E-state index in [1.165, 1.54) is 36.5 Å². The van der Waals surface area contributed by atoms with Crippen LogP contribution in [0.1, 0.15) is 10.5 Å². The summed E-state index contributed by atoms with van der Waals surface area (Å²) in [6.45, 7) is -0.619. The fourth-order valence-electron chi connectivity index (χ4n) is 2.49. The number of carboxylic acids is 1. The lowest BCUT2D eigenvalue weighted by Crippen LogP contribution is -2.29. The van der Waals surface area contributed by atoms with Gasteiger partial charge in [-0.15, -0.1) is 0 Å². The fraction of sp³-hybridized carbons (Fsp3) is 0.0556. The molecule has 2 aromatic carbocycles. The van der Waals surface area contributed by atoms with Crippen molar-refractivity contribution in [2.75, 3.05) is 6.54 Å². The Morgan fingerprint density at radius 1 is 1.04 bits per heavy atom. The minimum Gasteiger partial charge on any atom is -0.505 e. The number of sulfone groups is 1. The van der Waals surface area contributed by atoms with Gasteiger partial charge in [0.15, 0.2) is 11.4 Å². The molecule has 0 spiro atoms. The van der Waals surface area contributed by atoms with E-state index in [1.54, 1.807) is 18.2 Å². The number of carbonyl (C=O) groups is 2. The van der Waals surface area contributed by atoms with Crippen LogP contribution in [-0.4, -0.2) is 42.0 Å². The number of benzene rings is 2. The topological polar surface area (TPSA) is 134 Å². The third-order valence-corrected chi connectivity index (χ3v) is 5.58. The highest BCUT2D eigenvalue weighted by Gasteiger charge is 2.20. The molecular formula is C18H14N2O6S. The lowest BCUT2D eigenvalue weighted by Gasteiger charge is -2.09. The summed E-state index contributed by atoms with van der Waals surface area (Å²) in [6, 6.07) is 11.9. The first-order chi connectivity index (χ1) is 12.8. The molecule has 1 amide bonds. The molecule has 0 saturated carbocycles. The van der Waals surface area contributed by atoms with Crippen LogP contribution in [0.4, 0.5) is 0 Å². The van der Waals surface area contributed by atoms with Crippen LogP contribution < -0.4 is 5.32 Å². The maximum atomic E-state index is 12.7. The average molecular weight is 386 g/mol. The zero-order valence-corrected chi connectivity index (χ0v) is 14.6. The predicted molar refractivity (Wildman–Crippen MR) is 95.3 cm³/mol. The Balaban J connectivity index is 2.02. The normalized spacial score (nSPS) is 11.3. The molecule has 0 atom stereocenters. The number of nitrogens with one attached hydrogen (secondary N) is 1. The summed E-state index contributed by atoms with van der Waals surface area (Å²) < 4.78 is 25.4. The quantitative estimate of drug-likeness (QED) is 0.606. The molecule has 8 nitrogen and oxygen atoms in total. The van der Waals surface area contributed by atoms with Gasteiger partial charge in [-0.1, -0.05) is 18.2 Å². The van der Waals surface area contributed by atoms with E-state index in [0.717, 1.165) is 0 Å². The van der Waals surface area contributed by atoms with Crippen molar-refractivity contribution < 1.29 is 28.2 Å². The van der Waals surface area contributed by atoms with E-state index in [4.69, 9.17) is 5.11 Å². The fourth-order valence-corrected chi connectivity index (χ4v) is 3.81. The first-order valence-corrected chi connectivity index (χ1v) is 9.21. The molecule has 0 aliphatic carbocycles. The third kappa shape index (κ3) is 3.58. The summed E-state index contributed by atoms with van der Waals surface area (Å²) in [6.07, 6.45) is 1.24. The number of aromatic hydroxyl groups is 1. The van der Waals surface area contributed by atoms with E-state index in [1.807, 2.05) is 0 Å².